The van der Waals surface area contributed by atoms with E-state index >= 15 is 8.78 Å². The number of aromatic nitrogens is 8. The second kappa shape index (κ2) is 12.3. The molecular formula is C20H28F2N12O10P2. The lowest BCUT2D eigenvalue weighted by Gasteiger charge is -2.31. The van der Waals surface area contributed by atoms with Crippen molar-refractivity contribution in [1.82, 2.24) is 51.3 Å². The minimum atomic E-state index is -5.43. The van der Waals surface area contributed by atoms with Gasteiger partial charge in [0.15, 0.2) is 47.7 Å². The van der Waals surface area contributed by atoms with Crippen molar-refractivity contribution in [3.8, 4) is 0 Å². The number of nitrogens with two attached hydrogens (primary N) is 2. The fourth-order valence-electron chi connectivity index (χ4n) is 5.13. The van der Waals surface area contributed by atoms with Gasteiger partial charge in [0.1, 0.15) is 48.1 Å². The molecule has 3 saturated heterocycles. The number of fused-ring (bicyclic) bond motifs is 6. The average Bonchev–Trinajstić information content (AvgIpc) is 3.73. The van der Waals surface area contributed by atoms with E-state index in [0.29, 0.717) is 0 Å². The van der Waals surface area contributed by atoms with Gasteiger partial charge in [-0.25, -0.2) is 38.7 Å². The van der Waals surface area contributed by atoms with Gasteiger partial charge in [0.05, 0.1) is 25.9 Å². The van der Waals surface area contributed by atoms with Crippen LogP contribution in [0, 0.1) is 0 Å². The summed E-state index contributed by atoms with van der Waals surface area (Å²) in [4.78, 5) is 49.6. The molecule has 26 heteroatoms. The third kappa shape index (κ3) is 5.83. The van der Waals surface area contributed by atoms with E-state index in [1.54, 1.807) is 0 Å². The Bertz CT molecular complexity index is 1710. The van der Waals surface area contributed by atoms with Crippen LogP contribution < -0.4 is 33.6 Å². The van der Waals surface area contributed by atoms with Crippen LogP contribution in [0.3, 0.4) is 0 Å². The van der Waals surface area contributed by atoms with Crippen LogP contribution >= 0.6 is 15.6 Å². The molecule has 3 aliphatic heterocycles. The molecule has 22 nitrogen and oxygen atoms in total. The maximum Gasteiger partial charge on any atom is 0.268 e. The molecule has 4 aromatic heterocycles. The first-order valence-corrected chi connectivity index (χ1v) is 15.6. The molecule has 0 aliphatic carbocycles. The lowest BCUT2D eigenvalue weighted by molar-refractivity contribution is -0.237. The number of ether oxygens (including phenoxy) is 2. The molecule has 46 heavy (non-hydrogen) atoms. The molecule has 252 valence electrons. The minimum absolute atomic E-state index is 0. The standard InChI is InChI=1S/C20H22F2N10O10P2.2H3N/c21-9-7-1-37-43(33,34)41-14-10(22)8(40-20(14)32-6-30-12-16(24)26-4-28-18(12)32)2-38-44(35,36)42-13(9)19(39-7)31-5-29-11-15(23)25-3-27-17(11)31;;/h3-10,13-14,19-20H,1-2H2,(H,33,34)(H,35,36)(H2,23,25,27)(H2,24,26,28);2*1H3/t7-,8-,9-,10-,13-,14-,19-,20-;;/m1../s1. The van der Waals surface area contributed by atoms with Crippen molar-refractivity contribution in [1.29, 1.82) is 0 Å². The van der Waals surface area contributed by atoms with E-state index in [1.807, 2.05) is 0 Å². The summed E-state index contributed by atoms with van der Waals surface area (Å²) in [6.07, 6.45) is -10.8. The fourth-order valence-corrected chi connectivity index (χ4v) is 6.95. The van der Waals surface area contributed by atoms with Crippen LogP contribution in [0.2, 0.25) is 0 Å². The normalized spacial score (nSPS) is 36.6. The first kappa shape index (κ1) is 34.0. The van der Waals surface area contributed by atoms with Crippen LogP contribution in [-0.2, 0) is 36.7 Å². The number of hydrogen-bond donors (Lipinski definition) is 4. The molecule has 3 aliphatic rings. The highest BCUT2D eigenvalue weighted by Crippen LogP contribution is 2.51. The van der Waals surface area contributed by atoms with Crippen molar-refractivity contribution in [3.63, 3.8) is 0 Å². The Balaban J connectivity index is 0.00000208. The van der Waals surface area contributed by atoms with Crippen molar-refractivity contribution in [2.75, 3.05) is 24.7 Å². The summed E-state index contributed by atoms with van der Waals surface area (Å²) in [5.74, 6) is -0.0643. The van der Waals surface area contributed by atoms with Gasteiger partial charge in [-0.05, 0) is 0 Å². The first-order valence-electron chi connectivity index (χ1n) is 12.7. The minimum Gasteiger partial charge on any atom is -0.756 e. The summed E-state index contributed by atoms with van der Waals surface area (Å²) in [7, 11) is -10.9. The highest BCUT2D eigenvalue weighted by atomic mass is 31.2. The Morgan fingerprint density at radius 1 is 0.717 bits per heavy atom. The van der Waals surface area contributed by atoms with Gasteiger partial charge in [0, 0.05) is 0 Å². The van der Waals surface area contributed by atoms with Crippen molar-refractivity contribution in [2.45, 2.75) is 49.2 Å². The van der Waals surface area contributed by atoms with Gasteiger partial charge in [-0.15, -0.1) is 0 Å². The molecule has 0 saturated carbocycles. The number of phosphoric ester groups is 2. The highest BCUT2D eigenvalue weighted by molar-refractivity contribution is 7.46. The zero-order valence-electron chi connectivity index (χ0n) is 23.8. The molecule has 0 aromatic carbocycles. The van der Waals surface area contributed by atoms with Crippen LogP contribution in [0.4, 0.5) is 20.4 Å². The number of alkyl halides is 2. The van der Waals surface area contributed by atoms with E-state index in [0.717, 1.165) is 34.4 Å². The molecule has 4 aromatic rings. The Morgan fingerprint density at radius 3 is 1.50 bits per heavy atom. The molecule has 10 atom stereocenters. The SMILES string of the molecule is Nc1ncnc2c1ncn2[C@@H]1O[C@@H]2COP(=O)([O-])O[C@@H]3[C@H](F)[C@@H](COP(=O)([O-])O[C@@H]1[C@@H]2F)O[C@H]3n1cnc2c(N)ncnc21.[NH4+].[NH4+]. The van der Waals surface area contributed by atoms with E-state index in [-0.39, 0.29) is 46.3 Å². The van der Waals surface area contributed by atoms with E-state index in [4.69, 9.17) is 39.0 Å². The van der Waals surface area contributed by atoms with E-state index < -0.39 is 78.1 Å². The Labute approximate surface area is 255 Å². The van der Waals surface area contributed by atoms with Gasteiger partial charge in [0.25, 0.3) is 15.6 Å². The zero-order chi connectivity index (χ0) is 31.0. The second-order valence-electron chi connectivity index (χ2n) is 9.81. The molecule has 0 radical (unpaired) electrons. The predicted octanol–water partition coefficient (Wildman–Crippen LogP) is -0.192. The molecule has 4 bridgehead atoms. The average molecular weight is 696 g/mol. The summed E-state index contributed by atoms with van der Waals surface area (Å²) in [5.41, 5.74) is 11.8. The molecule has 12 N–H and O–H groups in total. The number of nitrogens with zero attached hydrogens (tertiary/aromatic N) is 8. The second-order valence-corrected chi connectivity index (χ2v) is 12.5. The number of nitrogen functional groups attached to an aromatic ring is 2. The van der Waals surface area contributed by atoms with E-state index in [1.165, 1.54) is 0 Å². The van der Waals surface area contributed by atoms with Crippen molar-refractivity contribution < 1.29 is 55.3 Å². The molecule has 3 fully saturated rings. The summed E-state index contributed by atoms with van der Waals surface area (Å²) in [6, 6.07) is 0. The van der Waals surface area contributed by atoms with Crippen molar-refractivity contribution >= 4 is 49.6 Å². The highest BCUT2D eigenvalue weighted by Gasteiger charge is 2.53. The molecule has 7 rings (SSSR count). The number of hydrogen-bond acceptors (Lipinski definition) is 18. The summed E-state index contributed by atoms with van der Waals surface area (Å²) in [5, 5.41) is 0. The number of imidazole rings is 2. The maximum absolute atomic E-state index is 15.7. The monoisotopic (exact) mass is 696 g/mol. The van der Waals surface area contributed by atoms with Crippen LogP contribution in [0.25, 0.3) is 22.3 Å². The molecule has 2 unspecified atom stereocenters. The van der Waals surface area contributed by atoms with Crippen LogP contribution in [0.5, 0.6) is 0 Å². The number of phosphoric acid groups is 2. The van der Waals surface area contributed by atoms with Gasteiger partial charge in [-0.3, -0.25) is 18.3 Å². The molecule has 7 heterocycles. The van der Waals surface area contributed by atoms with Gasteiger partial charge >= 0.3 is 0 Å². The Kier molecular flexibility index (Phi) is 9.11. The van der Waals surface area contributed by atoms with Crippen LogP contribution in [0.1, 0.15) is 12.5 Å². The third-order valence-electron chi connectivity index (χ3n) is 7.15. The van der Waals surface area contributed by atoms with Crippen LogP contribution in [-0.4, -0.2) is 89.0 Å². The van der Waals surface area contributed by atoms with Gasteiger partial charge in [-0.2, -0.15) is 0 Å². The van der Waals surface area contributed by atoms with E-state index in [9.17, 15) is 18.9 Å². The molecule has 0 amide bonds. The van der Waals surface area contributed by atoms with Gasteiger partial charge < -0.3 is 61.1 Å². The summed E-state index contributed by atoms with van der Waals surface area (Å²) in [6.45, 7) is -2.05. The lowest BCUT2D eigenvalue weighted by Crippen LogP contribution is -2.36. The van der Waals surface area contributed by atoms with E-state index in [2.05, 4.69) is 29.9 Å². The fraction of sp³-hybridized carbons (Fsp3) is 0.500. The summed E-state index contributed by atoms with van der Waals surface area (Å²) < 4.78 is 90.6. The largest absolute Gasteiger partial charge is 0.756 e. The molecular weight excluding hydrogens is 668 g/mol. The number of quaternary nitrogens is 2. The van der Waals surface area contributed by atoms with Gasteiger partial charge in [-0.1, -0.05) is 0 Å². The third-order valence-corrected chi connectivity index (χ3v) is 9.08. The molecule has 0 spiro atoms. The van der Waals surface area contributed by atoms with Gasteiger partial charge in [0.2, 0.25) is 0 Å². The lowest BCUT2D eigenvalue weighted by atomic mass is 10.1. The number of anilines is 2. The smallest absolute Gasteiger partial charge is 0.268 e. The topological polar surface area (TPSA) is 348 Å². The van der Waals surface area contributed by atoms with Crippen molar-refractivity contribution in [2.24, 2.45) is 0 Å². The summed E-state index contributed by atoms with van der Waals surface area (Å²) >= 11 is 0. The number of rotatable bonds is 2. The quantitative estimate of drug-likeness (QED) is 0.197. The maximum atomic E-state index is 15.7. The predicted molar refractivity (Wildman–Crippen MR) is 146 cm³/mol. The zero-order valence-corrected chi connectivity index (χ0v) is 25.6. The van der Waals surface area contributed by atoms with Crippen LogP contribution in [0.15, 0.2) is 25.3 Å². The number of halogens is 2. The first-order chi connectivity index (χ1) is 20.9. The Morgan fingerprint density at radius 2 is 1.11 bits per heavy atom. The Hall–Kier alpha value is -3.38. The van der Waals surface area contributed by atoms with Crippen molar-refractivity contribution in [3.05, 3.63) is 25.3 Å².